The molecule has 4 heteroatoms. The fourth-order valence-electron chi connectivity index (χ4n) is 2.16. The molecule has 2 aromatic carbocycles. The molecule has 21 heavy (non-hydrogen) atoms. The molecule has 0 saturated carbocycles. The molecule has 0 radical (unpaired) electrons. The lowest BCUT2D eigenvalue weighted by atomic mass is 9.99. The van der Waals surface area contributed by atoms with Crippen molar-refractivity contribution in [2.45, 2.75) is 19.6 Å². The third-order valence-electron chi connectivity index (χ3n) is 3.40. The van der Waals surface area contributed by atoms with Gasteiger partial charge in [0, 0.05) is 16.6 Å². The van der Waals surface area contributed by atoms with Crippen LogP contribution in [0.3, 0.4) is 0 Å². The van der Waals surface area contributed by atoms with Crippen LogP contribution < -0.4 is 5.73 Å². The summed E-state index contributed by atoms with van der Waals surface area (Å²) in [6, 6.07) is 14.2. The molecule has 2 rings (SSSR count). The first-order valence-electron chi connectivity index (χ1n) is 6.75. The van der Waals surface area contributed by atoms with Gasteiger partial charge in [-0.15, -0.1) is 0 Å². The van der Waals surface area contributed by atoms with Gasteiger partial charge in [0.2, 0.25) is 5.91 Å². The van der Waals surface area contributed by atoms with Gasteiger partial charge in [-0.1, -0.05) is 42.5 Å². The monoisotopic (exact) mass is 301 g/mol. The Hall–Kier alpha value is -1.94. The SMILES string of the molecule is Cc1ccc(-c2cccc(C[S@@](=O)CC(N)=O)c2)cc1C. The second-order valence-corrected chi connectivity index (χ2v) is 6.65. The minimum Gasteiger partial charge on any atom is -0.369 e. The molecule has 0 saturated heterocycles. The molecule has 3 nitrogen and oxygen atoms in total. The van der Waals surface area contributed by atoms with Crippen LogP contribution in [0, 0.1) is 13.8 Å². The molecule has 0 aliphatic rings. The molecule has 0 unspecified atom stereocenters. The van der Waals surface area contributed by atoms with Crippen molar-refractivity contribution < 1.29 is 9.00 Å². The molecular weight excluding hydrogens is 282 g/mol. The predicted molar refractivity (Wildman–Crippen MR) is 87.3 cm³/mol. The first-order valence-corrected chi connectivity index (χ1v) is 8.24. The second-order valence-electron chi connectivity index (χ2n) is 5.19. The summed E-state index contributed by atoms with van der Waals surface area (Å²) in [7, 11) is -1.25. The van der Waals surface area contributed by atoms with Crippen molar-refractivity contribution in [1.82, 2.24) is 0 Å². The summed E-state index contributed by atoms with van der Waals surface area (Å²) in [6.45, 7) is 4.17. The van der Waals surface area contributed by atoms with Crippen molar-refractivity contribution in [2.24, 2.45) is 5.73 Å². The minimum atomic E-state index is -1.25. The maximum atomic E-state index is 11.8. The number of hydrogen-bond donors (Lipinski definition) is 1. The fraction of sp³-hybridized carbons (Fsp3) is 0.235. The van der Waals surface area contributed by atoms with E-state index in [-0.39, 0.29) is 5.75 Å². The summed E-state index contributed by atoms with van der Waals surface area (Å²) in [6.07, 6.45) is 0. The Bertz CT molecular complexity index is 695. The number of nitrogens with two attached hydrogens (primary N) is 1. The van der Waals surface area contributed by atoms with Crippen molar-refractivity contribution in [3.05, 3.63) is 59.2 Å². The second kappa shape index (κ2) is 6.68. The van der Waals surface area contributed by atoms with E-state index in [1.165, 1.54) is 11.1 Å². The van der Waals surface area contributed by atoms with E-state index in [2.05, 4.69) is 32.0 Å². The van der Waals surface area contributed by atoms with Crippen LogP contribution in [0.2, 0.25) is 0 Å². The molecule has 0 aliphatic heterocycles. The maximum absolute atomic E-state index is 11.8. The third-order valence-corrected chi connectivity index (χ3v) is 4.66. The molecule has 0 aromatic heterocycles. The highest BCUT2D eigenvalue weighted by molar-refractivity contribution is 7.84. The molecule has 1 amide bonds. The van der Waals surface area contributed by atoms with E-state index in [0.717, 1.165) is 16.7 Å². The van der Waals surface area contributed by atoms with Crippen molar-refractivity contribution in [3.8, 4) is 11.1 Å². The highest BCUT2D eigenvalue weighted by Gasteiger charge is 2.07. The zero-order chi connectivity index (χ0) is 15.4. The number of benzene rings is 2. The van der Waals surface area contributed by atoms with E-state index in [0.29, 0.717) is 5.75 Å². The zero-order valence-electron chi connectivity index (χ0n) is 12.3. The van der Waals surface area contributed by atoms with Crippen LogP contribution in [0.4, 0.5) is 0 Å². The Morgan fingerprint density at radius 2 is 1.76 bits per heavy atom. The average molecular weight is 301 g/mol. The normalized spacial score (nSPS) is 12.1. The molecule has 0 fully saturated rings. The van der Waals surface area contributed by atoms with Gasteiger partial charge in [-0.05, 0) is 41.7 Å². The lowest BCUT2D eigenvalue weighted by Gasteiger charge is -2.08. The van der Waals surface area contributed by atoms with E-state index in [1.807, 2.05) is 24.3 Å². The van der Waals surface area contributed by atoms with Gasteiger partial charge in [-0.25, -0.2) is 0 Å². The predicted octanol–water partition coefficient (Wildman–Crippen LogP) is 2.70. The molecule has 2 N–H and O–H groups in total. The maximum Gasteiger partial charge on any atom is 0.230 e. The van der Waals surface area contributed by atoms with Gasteiger partial charge >= 0.3 is 0 Å². The number of amides is 1. The van der Waals surface area contributed by atoms with Gasteiger partial charge < -0.3 is 5.73 Å². The first-order chi connectivity index (χ1) is 9.95. The number of primary amides is 1. The van der Waals surface area contributed by atoms with Crippen LogP contribution in [0.15, 0.2) is 42.5 Å². The van der Waals surface area contributed by atoms with Crippen LogP contribution in [0.1, 0.15) is 16.7 Å². The van der Waals surface area contributed by atoms with Gasteiger partial charge in [-0.3, -0.25) is 9.00 Å². The highest BCUT2D eigenvalue weighted by Crippen LogP contribution is 2.23. The fourth-order valence-corrected chi connectivity index (χ4v) is 3.13. The Kier molecular flexibility index (Phi) is 4.91. The van der Waals surface area contributed by atoms with Crippen molar-refractivity contribution in [2.75, 3.05) is 5.75 Å². The van der Waals surface area contributed by atoms with Crippen molar-refractivity contribution >= 4 is 16.7 Å². The number of carbonyl (C=O) groups is 1. The molecule has 2 aromatic rings. The van der Waals surface area contributed by atoms with E-state index < -0.39 is 16.7 Å². The zero-order valence-corrected chi connectivity index (χ0v) is 13.1. The Labute approximate surface area is 127 Å². The van der Waals surface area contributed by atoms with Gasteiger partial charge in [-0.2, -0.15) is 0 Å². The summed E-state index contributed by atoms with van der Waals surface area (Å²) in [5, 5.41) is 0. The average Bonchev–Trinajstić information content (AvgIpc) is 2.41. The highest BCUT2D eigenvalue weighted by atomic mass is 32.2. The largest absolute Gasteiger partial charge is 0.369 e. The van der Waals surface area contributed by atoms with Crippen LogP contribution in [0.5, 0.6) is 0 Å². The smallest absolute Gasteiger partial charge is 0.230 e. The number of aryl methyl sites for hydroxylation is 2. The number of rotatable bonds is 5. The Morgan fingerprint density at radius 1 is 1.05 bits per heavy atom. The topological polar surface area (TPSA) is 60.2 Å². The minimum absolute atomic E-state index is 0.0894. The molecule has 0 heterocycles. The summed E-state index contributed by atoms with van der Waals surface area (Å²) in [5.41, 5.74) is 10.8. The van der Waals surface area contributed by atoms with Crippen LogP contribution in [-0.4, -0.2) is 15.9 Å². The lowest BCUT2D eigenvalue weighted by molar-refractivity contribution is -0.115. The first kappa shape index (κ1) is 15.4. The number of carbonyl (C=O) groups excluding carboxylic acids is 1. The van der Waals surface area contributed by atoms with Crippen LogP contribution in [-0.2, 0) is 21.3 Å². The standard InChI is InChI=1S/C17H19NO2S/c1-12-6-7-16(8-13(12)2)15-5-3-4-14(9-15)10-21(20)11-17(18)19/h3-9H,10-11H2,1-2H3,(H2,18,19)/t21-/m1/s1. The summed E-state index contributed by atoms with van der Waals surface area (Å²) < 4.78 is 11.8. The van der Waals surface area contributed by atoms with Crippen LogP contribution in [0.25, 0.3) is 11.1 Å². The van der Waals surface area contributed by atoms with Crippen LogP contribution >= 0.6 is 0 Å². The van der Waals surface area contributed by atoms with Gasteiger partial charge in [0.1, 0.15) is 5.75 Å². The third kappa shape index (κ3) is 4.26. The molecule has 110 valence electrons. The molecule has 0 aliphatic carbocycles. The van der Waals surface area contributed by atoms with E-state index >= 15 is 0 Å². The summed E-state index contributed by atoms with van der Waals surface area (Å²) >= 11 is 0. The van der Waals surface area contributed by atoms with E-state index in [1.54, 1.807) is 0 Å². The Balaban J connectivity index is 2.23. The van der Waals surface area contributed by atoms with Gasteiger partial charge in [0.05, 0.1) is 0 Å². The van der Waals surface area contributed by atoms with E-state index in [4.69, 9.17) is 5.73 Å². The summed E-state index contributed by atoms with van der Waals surface area (Å²) in [5.74, 6) is -0.270. The quantitative estimate of drug-likeness (QED) is 0.923. The van der Waals surface area contributed by atoms with E-state index in [9.17, 15) is 9.00 Å². The molecule has 0 spiro atoms. The van der Waals surface area contributed by atoms with Crippen molar-refractivity contribution in [1.29, 1.82) is 0 Å². The molecule has 1 atom stereocenters. The molecular formula is C17H19NO2S. The summed E-state index contributed by atoms with van der Waals surface area (Å²) in [4.78, 5) is 10.8. The number of hydrogen-bond acceptors (Lipinski definition) is 2. The van der Waals surface area contributed by atoms with Gasteiger partial charge in [0.25, 0.3) is 0 Å². The Morgan fingerprint density at radius 3 is 2.43 bits per heavy atom. The van der Waals surface area contributed by atoms with Crippen molar-refractivity contribution in [3.63, 3.8) is 0 Å². The van der Waals surface area contributed by atoms with Gasteiger partial charge in [0.15, 0.2) is 0 Å². The molecule has 0 bridgehead atoms. The lowest BCUT2D eigenvalue weighted by Crippen LogP contribution is -2.20.